The Balaban J connectivity index is 1.88. The number of aliphatic hydroxyl groups excluding tert-OH is 3. The van der Waals surface area contributed by atoms with E-state index in [0.29, 0.717) is 18.4 Å². The molecule has 0 aromatic heterocycles. The molecule has 4 fully saturated rings. The normalized spacial score (nSPS) is 55.9. The highest BCUT2D eigenvalue weighted by molar-refractivity contribution is 6.04. The summed E-state index contributed by atoms with van der Waals surface area (Å²) in [6, 6.07) is 0. The van der Waals surface area contributed by atoms with E-state index in [2.05, 4.69) is 27.4 Å². The monoisotopic (exact) mass is 334 g/mol. The van der Waals surface area contributed by atoms with Crippen LogP contribution < -0.4 is 0 Å². The summed E-state index contributed by atoms with van der Waals surface area (Å²) < 4.78 is 0. The van der Waals surface area contributed by atoms with E-state index in [1.807, 2.05) is 0 Å². The maximum atomic E-state index is 13.1. The molecular weight excluding hydrogens is 304 g/mol. The Hall–Kier alpha value is -0.710. The highest BCUT2D eigenvalue weighted by atomic mass is 16.3. The van der Waals surface area contributed by atoms with Crippen molar-refractivity contribution in [3.05, 3.63) is 12.2 Å². The van der Waals surface area contributed by atoms with Gasteiger partial charge in [0.2, 0.25) is 0 Å². The molecule has 0 aromatic carbocycles. The molecule has 134 valence electrons. The van der Waals surface area contributed by atoms with Crippen molar-refractivity contribution < 1.29 is 20.1 Å². The number of Topliss-reactive ketones (excluding diaryl/α,β-unsaturated/α-hetero) is 1. The van der Waals surface area contributed by atoms with Crippen LogP contribution in [0, 0.1) is 34.0 Å². The fourth-order valence-electron chi connectivity index (χ4n) is 7.60. The minimum absolute atomic E-state index is 0.0878. The van der Waals surface area contributed by atoms with E-state index in [0.717, 1.165) is 19.3 Å². The lowest BCUT2D eigenvalue weighted by Crippen LogP contribution is -2.68. The van der Waals surface area contributed by atoms with Crippen LogP contribution in [0.1, 0.15) is 52.9 Å². The van der Waals surface area contributed by atoms with Gasteiger partial charge in [-0.2, -0.15) is 0 Å². The van der Waals surface area contributed by atoms with Gasteiger partial charge in [0, 0.05) is 5.92 Å². The van der Waals surface area contributed by atoms with Crippen LogP contribution in [-0.4, -0.2) is 39.4 Å². The molecule has 3 N–H and O–H groups in total. The van der Waals surface area contributed by atoms with Crippen LogP contribution in [0.5, 0.6) is 0 Å². The largest absolute Gasteiger partial charge is 0.393 e. The van der Waals surface area contributed by atoms with Gasteiger partial charge in [-0.1, -0.05) is 27.4 Å². The molecule has 2 bridgehead atoms. The number of fused-ring (bicyclic) bond motifs is 3. The summed E-state index contributed by atoms with van der Waals surface area (Å²) >= 11 is 0. The first-order valence-corrected chi connectivity index (χ1v) is 9.34. The molecule has 24 heavy (non-hydrogen) atoms. The summed E-state index contributed by atoms with van der Waals surface area (Å²) in [5, 5.41) is 32.6. The van der Waals surface area contributed by atoms with Gasteiger partial charge in [0.1, 0.15) is 0 Å². The molecule has 4 aliphatic rings. The van der Waals surface area contributed by atoms with Crippen molar-refractivity contribution in [1.82, 2.24) is 0 Å². The van der Waals surface area contributed by atoms with Crippen molar-refractivity contribution >= 4 is 5.78 Å². The van der Waals surface area contributed by atoms with Gasteiger partial charge >= 0.3 is 0 Å². The van der Waals surface area contributed by atoms with E-state index in [1.54, 1.807) is 0 Å². The van der Waals surface area contributed by atoms with Crippen LogP contribution in [0.4, 0.5) is 0 Å². The van der Waals surface area contributed by atoms with Crippen LogP contribution in [0.15, 0.2) is 12.2 Å². The molecule has 0 saturated heterocycles. The molecule has 0 unspecified atom stereocenters. The molecule has 4 aliphatic carbocycles. The van der Waals surface area contributed by atoms with Gasteiger partial charge in [0.05, 0.1) is 23.7 Å². The van der Waals surface area contributed by atoms with E-state index in [-0.39, 0.29) is 40.5 Å². The zero-order chi connectivity index (χ0) is 17.7. The number of rotatable bonds is 0. The van der Waals surface area contributed by atoms with Crippen molar-refractivity contribution in [2.24, 2.45) is 34.0 Å². The molecule has 0 heterocycles. The summed E-state index contributed by atoms with van der Waals surface area (Å²) in [5.74, 6) is -0.173. The van der Waals surface area contributed by atoms with Gasteiger partial charge in [-0.15, -0.1) is 0 Å². The first kappa shape index (κ1) is 16.7. The van der Waals surface area contributed by atoms with E-state index in [4.69, 9.17) is 0 Å². The lowest BCUT2D eigenvalue weighted by molar-refractivity contribution is -0.235. The minimum atomic E-state index is -1.10. The second-order valence-electron chi connectivity index (χ2n) is 9.83. The third kappa shape index (κ3) is 1.68. The Bertz CT molecular complexity index is 611. The predicted octanol–water partition coefficient (Wildman–Crippen LogP) is 2.07. The summed E-state index contributed by atoms with van der Waals surface area (Å²) in [6.45, 7) is 10.5. The van der Waals surface area contributed by atoms with Gasteiger partial charge < -0.3 is 15.3 Å². The van der Waals surface area contributed by atoms with Crippen LogP contribution >= 0.6 is 0 Å². The van der Waals surface area contributed by atoms with E-state index >= 15 is 0 Å². The fraction of sp³-hybridized carbons (Fsp3) is 0.850. The van der Waals surface area contributed by atoms with Crippen molar-refractivity contribution in [1.29, 1.82) is 0 Å². The quantitative estimate of drug-likeness (QED) is 0.593. The molecule has 4 saturated carbocycles. The number of carbonyl (C=O) groups is 1. The Kier molecular flexibility index (Phi) is 3.29. The Morgan fingerprint density at radius 1 is 1.04 bits per heavy atom. The zero-order valence-electron chi connectivity index (χ0n) is 15.0. The maximum Gasteiger partial charge on any atom is 0.170 e. The van der Waals surface area contributed by atoms with Gasteiger partial charge in [0.15, 0.2) is 5.78 Å². The van der Waals surface area contributed by atoms with Gasteiger partial charge in [0.25, 0.3) is 0 Å². The highest BCUT2D eigenvalue weighted by Gasteiger charge is 2.74. The topological polar surface area (TPSA) is 77.8 Å². The number of ketones is 1. The number of aliphatic hydroxyl groups is 3. The molecular formula is C20H30O4. The van der Waals surface area contributed by atoms with E-state index < -0.39 is 17.6 Å². The average molecular weight is 334 g/mol. The third-order valence-electron chi connectivity index (χ3n) is 8.33. The van der Waals surface area contributed by atoms with Crippen molar-refractivity contribution in [2.75, 3.05) is 0 Å². The zero-order valence-corrected chi connectivity index (χ0v) is 15.0. The molecule has 1 spiro atoms. The number of hydrogen-bond donors (Lipinski definition) is 3. The van der Waals surface area contributed by atoms with E-state index in [1.165, 1.54) is 0 Å². The Morgan fingerprint density at radius 3 is 2.38 bits per heavy atom. The van der Waals surface area contributed by atoms with Crippen molar-refractivity contribution in [2.45, 2.75) is 71.2 Å². The first-order valence-electron chi connectivity index (χ1n) is 9.34. The summed E-state index contributed by atoms with van der Waals surface area (Å²) in [4.78, 5) is 13.1. The molecule has 4 rings (SSSR count). The highest BCUT2D eigenvalue weighted by Crippen LogP contribution is 2.70. The fourth-order valence-corrected chi connectivity index (χ4v) is 7.60. The summed E-state index contributed by atoms with van der Waals surface area (Å²) in [5.41, 5.74) is -0.928. The molecule has 0 aliphatic heterocycles. The van der Waals surface area contributed by atoms with Gasteiger partial charge in [-0.3, -0.25) is 4.79 Å². The smallest absolute Gasteiger partial charge is 0.170 e. The van der Waals surface area contributed by atoms with Crippen LogP contribution in [0.3, 0.4) is 0 Å². The summed E-state index contributed by atoms with van der Waals surface area (Å²) in [7, 11) is 0. The predicted molar refractivity (Wildman–Crippen MR) is 90.0 cm³/mol. The molecule has 4 nitrogen and oxygen atoms in total. The van der Waals surface area contributed by atoms with Crippen molar-refractivity contribution in [3.8, 4) is 0 Å². The molecule has 0 aromatic rings. The minimum Gasteiger partial charge on any atom is -0.393 e. The molecule has 0 amide bonds. The molecule has 0 radical (unpaired) electrons. The number of carbonyl (C=O) groups excluding carboxylic acids is 1. The van der Waals surface area contributed by atoms with Crippen LogP contribution in [-0.2, 0) is 4.79 Å². The molecule has 4 heteroatoms. The molecule has 8 atom stereocenters. The number of hydrogen-bond acceptors (Lipinski definition) is 4. The van der Waals surface area contributed by atoms with E-state index in [9.17, 15) is 20.1 Å². The first-order chi connectivity index (χ1) is 11.1. The lowest BCUT2D eigenvalue weighted by Gasteiger charge is -2.65. The third-order valence-corrected chi connectivity index (χ3v) is 8.33. The lowest BCUT2D eigenvalue weighted by atomic mass is 9.39. The van der Waals surface area contributed by atoms with Crippen molar-refractivity contribution in [3.63, 3.8) is 0 Å². The average Bonchev–Trinajstić information content (AvgIpc) is 2.58. The Morgan fingerprint density at radius 2 is 1.71 bits per heavy atom. The standard InChI is InChI=1S/C20H30O4/c1-10-12-5-6-13-19(4)9-11(21)8-18(2,3)14(19)7-15(22)20(13,16(10)23)17(12)24/h11-15,17,21-22,24H,1,5-9H2,2-4H3/t11-,12-,13-,14+,15+,17-,19-,20-/m0/s1. The van der Waals surface area contributed by atoms with Crippen LogP contribution in [0.2, 0.25) is 0 Å². The maximum absolute atomic E-state index is 13.1. The van der Waals surface area contributed by atoms with Gasteiger partial charge in [-0.05, 0) is 60.3 Å². The second kappa shape index (κ2) is 4.72. The van der Waals surface area contributed by atoms with Gasteiger partial charge in [-0.25, -0.2) is 0 Å². The SMILES string of the molecule is C=C1C(=O)[C@@]23[C@H](O)C[C@@H]4C(C)(C)C[C@H](O)C[C@@]4(C)[C@@H]2CC[C@@H]1[C@@H]3O. The second-order valence-corrected chi connectivity index (χ2v) is 9.83. The summed E-state index contributed by atoms with van der Waals surface area (Å²) in [6.07, 6.45) is 1.44. The Labute approximate surface area is 144 Å². The van der Waals surface area contributed by atoms with Crippen LogP contribution in [0.25, 0.3) is 0 Å².